The van der Waals surface area contributed by atoms with Gasteiger partial charge in [-0.1, -0.05) is 106 Å². The van der Waals surface area contributed by atoms with Gasteiger partial charge in [0.15, 0.2) is 0 Å². The molecule has 8 fully saturated rings. The van der Waals surface area contributed by atoms with E-state index in [1.807, 2.05) is 36.4 Å². The molecule has 8 aliphatic carbocycles. The molecule has 374 valence electrons. The maximum Gasteiger partial charge on any atom is 0.416 e. The number of phenols is 2. The number of halogens is 3. The zero-order valence-electron chi connectivity index (χ0n) is 44.5. The van der Waals surface area contributed by atoms with Crippen LogP contribution in [-0.4, -0.2) is 15.2 Å². The van der Waals surface area contributed by atoms with Crippen LogP contribution in [0.2, 0.25) is 0 Å². The van der Waals surface area contributed by atoms with Crippen LogP contribution >= 0.6 is 0 Å². The summed E-state index contributed by atoms with van der Waals surface area (Å²) >= 11 is 0. The maximum atomic E-state index is 15.6. The molecular formula is C64H76F3NO2Zr. The molecule has 0 spiro atoms. The molecule has 8 bridgehead atoms. The molecule has 8 aliphatic rings. The summed E-state index contributed by atoms with van der Waals surface area (Å²) < 4.78 is 46.7. The van der Waals surface area contributed by atoms with Crippen LogP contribution in [0.15, 0.2) is 72.8 Å². The molecule has 0 radical (unpaired) electrons. The topological polar surface area (TPSA) is 53.4 Å². The summed E-state index contributed by atoms with van der Waals surface area (Å²) in [6.07, 6.45) is 8.66. The van der Waals surface area contributed by atoms with Crippen molar-refractivity contribution in [3.63, 3.8) is 0 Å². The van der Waals surface area contributed by atoms with Gasteiger partial charge in [-0.05, 0) is 205 Å². The third-order valence-corrected chi connectivity index (χ3v) is 19.1. The SMILES string of the molecule is Cc1cc(-c2ccc(C(C)C)cc2-c2cc(C(F)(F)F)cc(-c3cc(C(C)C)ccc3-c3cc(C)cc(C45CC6(C)CC(C)(CC(C)(C6)C4)C5)c3O)n2)c(O)c(C23CC4(C)CC(C)(CC(C)(C4)C2)C3)c1.[Zr]. The summed E-state index contributed by atoms with van der Waals surface area (Å²) in [5.74, 6) is 0.651. The first-order valence-corrected chi connectivity index (χ1v) is 26.5. The zero-order valence-corrected chi connectivity index (χ0v) is 47.0. The smallest absolute Gasteiger partial charge is 0.416 e. The molecule has 0 unspecified atom stereocenters. The number of aromatic nitrogens is 1. The van der Waals surface area contributed by atoms with Crippen LogP contribution in [0.25, 0.3) is 44.8 Å². The molecule has 7 heteroatoms. The Hall–Kier alpha value is -3.70. The number of aromatic hydroxyl groups is 2. The number of pyridine rings is 1. The zero-order chi connectivity index (χ0) is 50.1. The monoisotopic (exact) mass is 1040 g/mol. The van der Waals surface area contributed by atoms with Crippen molar-refractivity contribution < 1.29 is 49.6 Å². The van der Waals surface area contributed by atoms with Crippen LogP contribution in [0.5, 0.6) is 11.5 Å². The first-order chi connectivity index (χ1) is 32.5. The van der Waals surface area contributed by atoms with Gasteiger partial charge in [-0.2, -0.15) is 13.2 Å². The molecule has 13 rings (SSSR count). The first kappa shape index (κ1) is 50.8. The quantitative estimate of drug-likeness (QED) is 0.163. The minimum absolute atomic E-state index is 0. The minimum Gasteiger partial charge on any atom is -0.507 e. The fraction of sp³-hybridized carbons (Fsp3) is 0.547. The molecule has 5 aromatic rings. The largest absolute Gasteiger partial charge is 0.507 e. The number of aryl methyl sites for hydroxylation is 2. The van der Waals surface area contributed by atoms with Gasteiger partial charge in [-0.3, -0.25) is 0 Å². The van der Waals surface area contributed by atoms with Crippen molar-refractivity contribution in [3.8, 4) is 56.3 Å². The number of phenolic OH excluding ortho intramolecular Hbond substituents is 2. The Kier molecular flexibility index (Phi) is 11.6. The summed E-state index contributed by atoms with van der Waals surface area (Å²) in [5, 5.41) is 25.7. The molecule has 0 aliphatic heterocycles. The van der Waals surface area contributed by atoms with E-state index in [0.29, 0.717) is 33.4 Å². The second-order valence-electron chi connectivity index (χ2n) is 28.0. The van der Waals surface area contributed by atoms with E-state index in [-0.39, 0.29) is 104 Å². The Balaban J connectivity index is 0.00000582. The van der Waals surface area contributed by atoms with E-state index < -0.39 is 11.7 Å². The van der Waals surface area contributed by atoms with Crippen LogP contribution in [-0.2, 0) is 43.2 Å². The normalized spacial score (nSPS) is 33.6. The van der Waals surface area contributed by atoms with Crippen LogP contribution in [0, 0.1) is 46.3 Å². The van der Waals surface area contributed by atoms with Gasteiger partial charge in [-0.15, -0.1) is 0 Å². The molecule has 2 N–H and O–H groups in total. The second-order valence-corrected chi connectivity index (χ2v) is 28.0. The minimum atomic E-state index is -4.68. The fourth-order valence-electron chi connectivity index (χ4n) is 19.6. The third kappa shape index (κ3) is 8.43. The Morgan fingerprint density at radius 3 is 1.03 bits per heavy atom. The van der Waals surface area contributed by atoms with E-state index in [1.165, 1.54) is 50.7 Å². The van der Waals surface area contributed by atoms with Crippen LogP contribution in [0.3, 0.4) is 0 Å². The van der Waals surface area contributed by atoms with E-state index in [2.05, 4.69) is 107 Å². The number of rotatable bonds is 8. The molecule has 8 saturated carbocycles. The van der Waals surface area contributed by atoms with Crippen LogP contribution in [0.4, 0.5) is 13.2 Å². The predicted octanol–water partition coefficient (Wildman–Crippen LogP) is 18.3. The molecule has 4 aromatic carbocycles. The molecule has 1 heterocycles. The van der Waals surface area contributed by atoms with Gasteiger partial charge in [0.25, 0.3) is 0 Å². The van der Waals surface area contributed by atoms with Gasteiger partial charge in [-0.25, -0.2) is 4.98 Å². The number of nitrogens with zero attached hydrogens (tertiary/aromatic N) is 1. The van der Waals surface area contributed by atoms with Crippen LogP contribution in [0.1, 0.15) is 197 Å². The summed E-state index contributed by atoms with van der Waals surface area (Å²) in [5.41, 5.74) is 10.0. The van der Waals surface area contributed by atoms with Gasteiger partial charge in [0, 0.05) is 70.4 Å². The summed E-state index contributed by atoms with van der Waals surface area (Å²) in [6, 6.07) is 22.9. The molecule has 0 atom stereocenters. The van der Waals surface area contributed by atoms with Gasteiger partial charge in [0.05, 0.1) is 17.0 Å². The van der Waals surface area contributed by atoms with E-state index in [9.17, 15) is 10.2 Å². The number of hydrogen-bond donors (Lipinski definition) is 2. The van der Waals surface area contributed by atoms with E-state index in [0.717, 1.165) is 71.9 Å². The summed E-state index contributed by atoms with van der Waals surface area (Å²) in [4.78, 5) is 5.31. The molecular weight excluding hydrogens is 963 g/mol. The van der Waals surface area contributed by atoms with Crippen LogP contribution < -0.4 is 0 Å². The average molecular weight is 1040 g/mol. The Bertz CT molecular complexity index is 2720. The summed E-state index contributed by atoms with van der Waals surface area (Å²) in [7, 11) is 0. The Morgan fingerprint density at radius 2 is 0.746 bits per heavy atom. The predicted molar refractivity (Wildman–Crippen MR) is 279 cm³/mol. The van der Waals surface area contributed by atoms with Crippen molar-refractivity contribution >= 4 is 0 Å². The fourth-order valence-corrected chi connectivity index (χ4v) is 19.6. The van der Waals surface area contributed by atoms with Gasteiger partial charge < -0.3 is 10.2 Å². The molecule has 1 aromatic heterocycles. The molecule has 71 heavy (non-hydrogen) atoms. The summed E-state index contributed by atoms with van der Waals surface area (Å²) in [6.45, 7) is 27.3. The van der Waals surface area contributed by atoms with Gasteiger partial charge in [0.1, 0.15) is 11.5 Å². The number of hydrogen-bond acceptors (Lipinski definition) is 3. The van der Waals surface area contributed by atoms with Crippen molar-refractivity contribution in [2.45, 2.75) is 189 Å². The van der Waals surface area contributed by atoms with Gasteiger partial charge in [0.2, 0.25) is 0 Å². The van der Waals surface area contributed by atoms with Gasteiger partial charge >= 0.3 is 6.18 Å². The maximum absolute atomic E-state index is 15.6. The van der Waals surface area contributed by atoms with Crippen molar-refractivity contribution in [2.75, 3.05) is 0 Å². The molecule has 3 nitrogen and oxygen atoms in total. The number of benzene rings is 4. The van der Waals surface area contributed by atoms with E-state index >= 15 is 13.2 Å². The third-order valence-electron chi connectivity index (χ3n) is 19.1. The van der Waals surface area contributed by atoms with Crippen molar-refractivity contribution in [1.29, 1.82) is 0 Å². The average Bonchev–Trinajstić information content (AvgIpc) is 3.20. The first-order valence-electron chi connectivity index (χ1n) is 26.5. The second kappa shape index (κ2) is 16.2. The van der Waals surface area contributed by atoms with Crippen molar-refractivity contribution in [2.24, 2.45) is 32.5 Å². The van der Waals surface area contributed by atoms with Crippen molar-refractivity contribution in [1.82, 2.24) is 4.98 Å². The molecule has 0 saturated heterocycles. The molecule has 0 amide bonds. The van der Waals surface area contributed by atoms with E-state index in [1.54, 1.807) is 0 Å². The van der Waals surface area contributed by atoms with E-state index in [4.69, 9.17) is 4.98 Å². The Labute approximate surface area is 441 Å². The van der Waals surface area contributed by atoms with Crippen molar-refractivity contribution in [3.05, 3.63) is 112 Å². The Morgan fingerprint density at radius 1 is 0.437 bits per heavy atom. The number of alkyl halides is 3. The standard InChI is InChI=1S/C64H76F3NO2.Zr/c1-37(2)41-13-15-44(48-17-39(5)19-50(54(48)69)62-31-56(7)25-57(8,32-62)27-58(9,26-56)33-62)46(21-41)52-23-43(64(65,66)67)24-53(68-52)47-22-42(38(3)4)14-16-45(47)49-18-40(6)20-51(55(49)70)63-34-59(10)28-60(11,35-63)30-61(12,29-59)36-63;/h13-24,37-38,69-70H,25-36H2,1-12H3;.